The maximum atomic E-state index is 10.7. The van der Waals surface area contributed by atoms with Gasteiger partial charge in [-0.1, -0.05) is 65.2 Å². The zero-order chi connectivity index (χ0) is 18.3. The fraction of sp³-hybridized carbons (Fsp3) is 0.810. The maximum Gasteiger partial charge on any atom is 0.303 e. The van der Waals surface area contributed by atoms with Gasteiger partial charge in [-0.25, -0.2) is 9.13 Å². The van der Waals surface area contributed by atoms with Crippen molar-refractivity contribution in [1.82, 2.24) is 4.57 Å². The molecule has 1 heterocycles. The number of nitrogens with zero attached hydrogens (tertiary/aromatic N) is 2. The summed E-state index contributed by atoms with van der Waals surface area (Å²) >= 11 is 0. The summed E-state index contributed by atoms with van der Waals surface area (Å²) in [4.78, 5) is 10.7. The summed E-state index contributed by atoms with van der Waals surface area (Å²) in [6.45, 7) is 6.38. The van der Waals surface area contributed by atoms with Gasteiger partial charge in [0.2, 0.25) is 0 Å². The topological polar surface area (TPSA) is 46.1 Å². The second-order valence-electron chi connectivity index (χ2n) is 7.18. The van der Waals surface area contributed by atoms with Crippen molar-refractivity contribution >= 4 is 5.97 Å². The number of hydrogen-bond acceptors (Lipinski definition) is 1. The molecular formula is C21H39N2O2+. The zero-order valence-electron chi connectivity index (χ0n) is 16.5. The van der Waals surface area contributed by atoms with Crippen LogP contribution < -0.4 is 4.57 Å². The first-order valence-corrected chi connectivity index (χ1v) is 10.5. The summed E-state index contributed by atoms with van der Waals surface area (Å²) < 4.78 is 4.66. The predicted octanol–water partition coefficient (Wildman–Crippen LogP) is 5.12. The molecule has 0 unspecified atom stereocenters. The van der Waals surface area contributed by atoms with E-state index in [2.05, 4.69) is 35.4 Å². The van der Waals surface area contributed by atoms with Gasteiger partial charge in [-0.3, -0.25) is 4.79 Å². The van der Waals surface area contributed by atoms with Gasteiger partial charge in [-0.15, -0.1) is 0 Å². The molecule has 0 spiro atoms. The van der Waals surface area contributed by atoms with E-state index >= 15 is 0 Å². The van der Waals surface area contributed by atoms with E-state index in [4.69, 9.17) is 5.11 Å². The number of hydrogen-bond donors (Lipinski definition) is 1. The van der Waals surface area contributed by atoms with E-state index in [-0.39, 0.29) is 6.42 Å². The summed E-state index contributed by atoms with van der Waals surface area (Å²) in [5.41, 5.74) is 0. The fourth-order valence-corrected chi connectivity index (χ4v) is 3.34. The van der Waals surface area contributed by atoms with Gasteiger partial charge in [-0.05, 0) is 19.3 Å². The second kappa shape index (κ2) is 13.9. The van der Waals surface area contributed by atoms with Crippen LogP contribution in [0.15, 0.2) is 12.4 Å². The number of aryl methyl sites for hydroxylation is 2. The summed E-state index contributed by atoms with van der Waals surface area (Å²) in [5, 5.41) is 8.85. The molecule has 0 aliphatic rings. The normalized spacial score (nSPS) is 11.1. The summed E-state index contributed by atoms with van der Waals surface area (Å²) in [6, 6.07) is 0. The van der Waals surface area contributed by atoms with Crippen LogP contribution in [0.4, 0.5) is 0 Å². The molecule has 0 atom stereocenters. The Kier molecular flexibility index (Phi) is 12.1. The Balaban J connectivity index is 2.41. The maximum absolute atomic E-state index is 10.7. The van der Waals surface area contributed by atoms with Crippen molar-refractivity contribution in [2.24, 2.45) is 0 Å². The highest BCUT2D eigenvalue weighted by Gasteiger charge is 2.16. The third-order valence-corrected chi connectivity index (χ3v) is 4.89. The van der Waals surface area contributed by atoms with Gasteiger partial charge in [-0.2, -0.15) is 0 Å². The molecular weight excluding hydrogens is 312 g/mol. The molecule has 0 bridgehead atoms. The van der Waals surface area contributed by atoms with Crippen LogP contribution in [0.25, 0.3) is 0 Å². The van der Waals surface area contributed by atoms with Gasteiger partial charge in [0.25, 0.3) is 5.82 Å². The lowest BCUT2D eigenvalue weighted by atomic mass is 10.1. The van der Waals surface area contributed by atoms with E-state index < -0.39 is 5.97 Å². The highest BCUT2D eigenvalue weighted by molar-refractivity contribution is 5.66. The van der Waals surface area contributed by atoms with Crippen LogP contribution in [0.3, 0.4) is 0 Å². The molecule has 1 rings (SSSR count). The number of carboxylic acid groups (broad SMARTS) is 1. The predicted molar refractivity (Wildman–Crippen MR) is 103 cm³/mol. The quantitative estimate of drug-likeness (QED) is 0.332. The van der Waals surface area contributed by atoms with Gasteiger partial charge in [0.15, 0.2) is 0 Å². The fourth-order valence-electron chi connectivity index (χ4n) is 3.34. The molecule has 1 aromatic heterocycles. The molecule has 4 heteroatoms. The molecule has 0 fully saturated rings. The van der Waals surface area contributed by atoms with Crippen molar-refractivity contribution in [1.29, 1.82) is 0 Å². The first-order chi connectivity index (χ1) is 12.2. The molecule has 0 aliphatic carbocycles. The van der Waals surface area contributed by atoms with E-state index in [1.165, 1.54) is 70.0 Å². The zero-order valence-corrected chi connectivity index (χ0v) is 16.5. The van der Waals surface area contributed by atoms with Crippen molar-refractivity contribution in [3.63, 3.8) is 0 Å². The molecule has 144 valence electrons. The second-order valence-corrected chi connectivity index (χ2v) is 7.18. The summed E-state index contributed by atoms with van der Waals surface area (Å²) in [6.07, 6.45) is 19.5. The van der Waals surface area contributed by atoms with E-state index in [9.17, 15) is 4.79 Å². The first kappa shape index (κ1) is 21.7. The van der Waals surface area contributed by atoms with Crippen molar-refractivity contribution in [3.05, 3.63) is 18.2 Å². The molecule has 0 aliphatic heterocycles. The molecule has 0 amide bonds. The Morgan fingerprint density at radius 2 is 1.60 bits per heavy atom. The lowest BCUT2D eigenvalue weighted by Crippen LogP contribution is -2.37. The number of carboxylic acids is 1. The van der Waals surface area contributed by atoms with Crippen LogP contribution in [0.5, 0.6) is 0 Å². The molecule has 1 aromatic rings. The number of aliphatic carboxylic acids is 1. The average molecular weight is 352 g/mol. The highest BCUT2D eigenvalue weighted by Crippen LogP contribution is 2.11. The van der Waals surface area contributed by atoms with Gasteiger partial charge in [0, 0.05) is 12.8 Å². The molecule has 1 N–H and O–H groups in total. The van der Waals surface area contributed by atoms with Crippen LogP contribution in [-0.2, 0) is 24.3 Å². The van der Waals surface area contributed by atoms with E-state index in [1.807, 2.05) is 0 Å². The summed E-state index contributed by atoms with van der Waals surface area (Å²) in [5.74, 6) is 0.681. The number of rotatable bonds is 16. The minimum atomic E-state index is -0.698. The average Bonchev–Trinajstić information content (AvgIpc) is 2.97. The largest absolute Gasteiger partial charge is 0.481 e. The van der Waals surface area contributed by atoms with Crippen molar-refractivity contribution in [2.75, 3.05) is 0 Å². The Morgan fingerprint density at radius 1 is 0.960 bits per heavy atom. The summed E-state index contributed by atoms with van der Waals surface area (Å²) in [7, 11) is 0. The van der Waals surface area contributed by atoms with Gasteiger partial charge < -0.3 is 5.11 Å². The molecule has 0 aromatic carbocycles. The number of imidazole rings is 1. The smallest absolute Gasteiger partial charge is 0.303 e. The minimum absolute atomic E-state index is 0.254. The van der Waals surface area contributed by atoms with E-state index in [1.54, 1.807) is 0 Å². The van der Waals surface area contributed by atoms with Crippen LogP contribution >= 0.6 is 0 Å². The van der Waals surface area contributed by atoms with Crippen molar-refractivity contribution in [2.45, 2.75) is 110 Å². The van der Waals surface area contributed by atoms with Crippen LogP contribution in [0.2, 0.25) is 0 Å². The standard InChI is InChI=1S/C21H38N2O2/c1-3-5-7-8-9-10-11-12-14-20-22(16-6-4-2)18-19-23(20)17-13-15-21(24)25/h18-19H,3-17H2,1-2H3/p+1. The monoisotopic (exact) mass is 351 g/mol. The lowest BCUT2D eigenvalue weighted by Gasteiger charge is -2.06. The molecule has 0 radical (unpaired) electrons. The van der Waals surface area contributed by atoms with Crippen molar-refractivity contribution in [3.8, 4) is 0 Å². The third kappa shape index (κ3) is 9.66. The molecule has 0 saturated carbocycles. The molecule has 4 nitrogen and oxygen atoms in total. The Bertz CT molecular complexity index is 468. The lowest BCUT2D eigenvalue weighted by molar-refractivity contribution is -0.704. The SMILES string of the molecule is CCCCCCCCCCc1n(CCCC)cc[n+]1CCCC(=O)O. The highest BCUT2D eigenvalue weighted by atomic mass is 16.4. The first-order valence-electron chi connectivity index (χ1n) is 10.5. The Hall–Kier alpha value is -1.32. The van der Waals surface area contributed by atoms with Crippen molar-refractivity contribution < 1.29 is 14.5 Å². The number of unbranched alkanes of at least 4 members (excludes halogenated alkanes) is 8. The van der Waals surface area contributed by atoms with Gasteiger partial charge in [0.05, 0.1) is 13.1 Å². The van der Waals surface area contributed by atoms with Crippen LogP contribution in [0.1, 0.15) is 96.7 Å². The van der Waals surface area contributed by atoms with Crippen LogP contribution in [0, 0.1) is 0 Å². The van der Waals surface area contributed by atoms with Gasteiger partial charge >= 0.3 is 5.97 Å². The van der Waals surface area contributed by atoms with E-state index in [0.29, 0.717) is 6.42 Å². The number of carbonyl (C=O) groups is 1. The van der Waals surface area contributed by atoms with Crippen LogP contribution in [-0.4, -0.2) is 15.6 Å². The number of aromatic nitrogens is 2. The Labute approximate surface area is 154 Å². The molecule has 0 saturated heterocycles. The molecule has 25 heavy (non-hydrogen) atoms. The minimum Gasteiger partial charge on any atom is -0.481 e. The Morgan fingerprint density at radius 3 is 2.24 bits per heavy atom. The van der Waals surface area contributed by atoms with E-state index in [0.717, 1.165) is 19.5 Å². The van der Waals surface area contributed by atoms with Gasteiger partial charge in [0.1, 0.15) is 12.4 Å². The third-order valence-electron chi connectivity index (χ3n) is 4.89.